The summed E-state index contributed by atoms with van der Waals surface area (Å²) in [5.74, 6) is 2.36. The van der Waals surface area contributed by atoms with Gasteiger partial charge in [-0.1, -0.05) is 43.3 Å². The Morgan fingerprint density at radius 2 is 2.04 bits per heavy atom. The standard InChI is InChI=1S/C19H26N4O.HI/c1-4-17-16(18(5-2)24-23-17)12-22-19(20-3)21-11-14-10-13-8-6-7-9-15(13)14;/h6-9,14H,4-5,10-12H2,1-3H3,(H2,20,21,22);1H. The average molecular weight is 454 g/mol. The van der Waals surface area contributed by atoms with E-state index in [0.717, 1.165) is 48.8 Å². The summed E-state index contributed by atoms with van der Waals surface area (Å²) in [4.78, 5) is 4.33. The van der Waals surface area contributed by atoms with Gasteiger partial charge in [0.25, 0.3) is 0 Å². The maximum Gasteiger partial charge on any atom is 0.191 e. The van der Waals surface area contributed by atoms with E-state index in [0.29, 0.717) is 12.5 Å². The Morgan fingerprint density at radius 1 is 1.24 bits per heavy atom. The van der Waals surface area contributed by atoms with Crippen molar-refractivity contribution in [3.63, 3.8) is 0 Å². The molecule has 0 saturated carbocycles. The number of fused-ring (bicyclic) bond motifs is 1. The van der Waals surface area contributed by atoms with Crippen LogP contribution in [-0.2, 0) is 25.8 Å². The number of guanidine groups is 1. The molecule has 136 valence electrons. The van der Waals surface area contributed by atoms with Gasteiger partial charge in [-0.2, -0.15) is 0 Å². The monoisotopic (exact) mass is 454 g/mol. The Labute approximate surface area is 166 Å². The summed E-state index contributed by atoms with van der Waals surface area (Å²) < 4.78 is 5.42. The van der Waals surface area contributed by atoms with Gasteiger partial charge in [-0.05, 0) is 24.0 Å². The zero-order valence-corrected chi connectivity index (χ0v) is 17.5. The van der Waals surface area contributed by atoms with E-state index in [9.17, 15) is 0 Å². The van der Waals surface area contributed by atoms with Crippen LogP contribution in [0.5, 0.6) is 0 Å². The first-order valence-corrected chi connectivity index (χ1v) is 8.75. The van der Waals surface area contributed by atoms with E-state index in [1.54, 1.807) is 7.05 Å². The molecule has 1 aliphatic carbocycles. The predicted molar refractivity (Wildman–Crippen MR) is 112 cm³/mol. The van der Waals surface area contributed by atoms with Crippen molar-refractivity contribution in [2.24, 2.45) is 4.99 Å². The van der Waals surface area contributed by atoms with Gasteiger partial charge in [-0.25, -0.2) is 0 Å². The first-order valence-electron chi connectivity index (χ1n) is 8.75. The molecular weight excluding hydrogens is 427 g/mol. The van der Waals surface area contributed by atoms with E-state index in [1.165, 1.54) is 11.1 Å². The SMILES string of the molecule is CCc1noc(CC)c1CNC(=NC)NCC1Cc2ccccc21.I. The molecule has 0 saturated heterocycles. The molecule has 0 amide bonds. The van der Waals surface area contributed by atoms with Gasteiger partial charge in [0.15, 0.2) is 5.96 Å². The van der Waals surface area contributed by atoms with Gasteiger partial charge in [0, 0.05) is 38.0 Å². The number of benzene rings is 1. The van der Waals surface area contributed by atoms with E-state index in [4.69, 9.17) is 4.52 Å². The molecule has 1 aromatic heterocycles. The third-order valence-electron chi connectivity index (χ3n) is 4.74. The highest BCUT2D eigenvalue weighted by Crippen LogP contribution is 2.33. The van der Waals surface area contributed by atoms with Crippen molar-refractivity contribution in [3.05, 3.63) is 52.4 Å². The Kier molecular flexibility index (Phi) is 7.28. The predicted octanol–water partition coefficient (Wildman–Crippen LogP) is 3.42. The van der Waals surface area contributed by atoms with Crippen LogP contribution in [0.2, 0.25) is 0 Å². The van der Waals surface area contributed by atoms with Crippen molar-refractivity contribution in [2.45, 2.75) is 45.6 Å². The lowest BCUT2D eigenvalue weighted by molar-refractivity contribution is 0.380. The molecule has 1 aliphatic rings. The van der Waals surface area contributed by atoms with Gasteiger partial charge in [-0.3, -0.25) is 4.99 Å². The summed E-state index contributed by atoms with van der Waals surface area (Å²) in [5.41, 5.74) is 5.12. The highest BCUT2D eigenvalue weighted by molar-refractivity contribution is 14.0. The summed E-state index contributed by atoms with van der Waals surface area (Å²) >= 11 is 0. The fourth-order valence-corrected chi connectivity index (χ4v) is 3.30. The van der Waals surface area contributed by atoms with Crippen molar-refractivity contribution in [3.8, 4) is 0 Å². The second-order valence-corrected chi connectivity index (χ2v) is 6.14. The van der Waals surface area contributed by atoms with Gasteiger partial charge in [0.05, 0.1) is 5.69 Å². The van der Waals surface area contributed by atoms with E-state index in [1.807, 2.05) is 0 Å². The van der Waals surface area contributed by atoms with Gasteiger partial charge in [0.1, 0.15) is 5.76 Å². The molecule has 6 heteroatoms. The zero-order chi connectivity index (χ0) is 16.9. The molecule has 0 spiro atoms. The van der Waals surface area contributed by atoms with Gasteiger partial charge in [-0.15, -0.1) is 24.0 Å². The molecule has 1 aromatic carbocycles. The van der Waals surface area contributed by atoms with E-state index in [-0.39, 0.29) is 24.0 Å². The van der Waals surface area contributed by atoms with Crippen molar-refractivity contribution in [1.29, 1.82) is 0 Å². The first kappa shape index (κ1) is 19.8. The van der Waals surface area contributed by atoms with Crippen LogP contribution >= 0.6 is 24.0 Å². The smallest absolute Gasteiger partial charge is 0.191 e. The Morgan fingerprint density at radius 3 is 2.72 bits per heavy atom. The number of halogens is 1. The number of hydrogen-bond donors (Lipinski definition) is 2. The highest BCUT2D eigenvalue weighted by atomic mass is 127. The molecule has 2 N–H and O–H groups in total. The largest absolute Gasteiger partial charge is 0.361 e. The molecule has 3 rings (SSSR count). The maximum atomic E-state index is 5.42. The topological polar surface area (TPSA) is 62.5 Å². The normalized spacial score (nSPS) is 15.8. The van der Waals surface area contributed by atoms with Crippen LogP contribution < -0.4 is 10.6 Å². The van der Waals surface area contributed by atoms with Crippen LogP contribution in [0.15, 0.2) is 33.8 Å². The molecule has 25 heavy (non-hydrogen) atoms. The molecular formula is C19H27IN4O. The van der Waals surface area contributed by atoms with Crippen LogP contribution in [-0.4, -0.2) is 24.7 Å². The number of aliphatic imine (C=N–C) groups is 1. The maximum absolute atomic E-state index is 5.42. The quantitative estimate of drug-likeness (QED) is 0.399. The summed E-state index contributed by atoms with van der Waals surface area (Å²) in [7, 11) is 1.80. The zero-order valence-electron chi connectivity index (χ0n) is 15.1. The molecule has 2 aromatic rings. The number of aryl methyl sites for hydroxylation is 2. The minimum Gasteiger partial charge on any atom is -0.361 e. The van der Waals surface area contributed by atoms with Crippen molar-refractivity contribution in [2.75, 3.05) is 13.6 Å². The average Bonchev–Trinajstić information content (AvgIpc) is 3.00. The van der Waals surface area contributed by atoms with E-state index < -0.39 is 0 Å². The van der Waals surface area contributed by atoms with Crippen LogP contribution in [0, 0.1) is 0 Å². The van der Waals surface area contributed by atoms with Gasteiger partial charge < -0.3 is 15.2 Å². The van der Waals surface area contributed by atoms with E-state index >= 15 is 0 Å². The molecule has 0 fully saturated rings. The summed E-state index contributed by atoms with van der Waals surface area (Å²) in [6, 6.07) is 8.66. The van der Waals surface area contributed by atoms with Crippen LogP contribution in [0.3, 0.4) is 0 Å². The Balaban J connectivity index is 0.00000225. The Bertz CT molecular complexity index is 704. The van der Waals surface area contributed by atoms with Crippen molar-refractivity contribution >= 4 is 29.9 Å². The number of hydrogen-bond acceptors (Lipinski definition) is 3. The fraction of sp³-hybridized carbons (Fsp3) is 0.474. The summed E-state index contributed by atoms with van der Waals surface area (Å²) in [5, 5.41) is 11.0. The first-order chi connectivity index (χ1) is 11.8. The highest BCUT2D eigenvalue weighted by Gasteiger charge is 2.25. The fourth-order valence-electron chi connectivity index (χ4n) is 3.30. The van der Waals surface area contributed by atoms with Gasteiger partial charge >= 0.3 is 0 Å². The van der Waals surface area contributed by atoms with Crippen LogP contribution in [0.1, 0.15) is 47.9 Å². The molecule has 0 radical (unpaired) electrons. The summed E-state index contributed by atoms with van der Waals surface area (Å²) in [6.07, 6.45) is 2.88. The van der Waals surface area contributed by atoms with E-state index in [2.05, 4.69) is 58.9 Å². The molecule has 0 aliphatic heterocycles. The lowest BCUT2D eigenvalue weighted by Gasteiger charge is -2.30. The Hall–Kier alpha value is -1.57. The number of rotatable bonds is 6. The van der Waals surface area contributed by atoms with Crippen molar-refractivity contribution < 1.29 is 4.52 Å². The third-order valence-corrected chi connectivity index (χ3v) is 4.74. The lowest BCUT2D eigenvalue weighted by atomic mass is 9.78. The number of nitrogens with one attached hydrogen (secondary N) is 2. The van der Waals surface area contributed by atoms with Crippen LogP contribution in [0.25, 0.3) is 0 Å². The van der Waals surface area contributed by atoms with Gasteiger partial charge in [0.2, 0.25) is 0 Å². The minimum atomic E-state index is 0. The lowest BCUT2D eigenvalue weighted by Crippen LogP contribution is -2.41. The molecule has 1 atom stereocenters. The minimum absolute atomic E-state index is 0. The van der Waals surface area contributed by atoms with Crippen molar-refractivity contribution in [1.82, 2.24) is 15.8 Å². The second kappa shape index (κ2) is 9.22. The molecule has 1 heterocycles. The summed E-state index contributed by atoms with van der Waals surface area (Å²) in [6.45, 7) is 5.78. The molecule has 0 bridgehead atoms. The number of aromatic nitrogens is 1. The van der Waals surface area contributed by atoms with Crippen LogP contribution in [0.4, 0.5) is 0 Å². The molecule has 5 nitrogen and oxygen atoms in total. The third kappa shape index (κ3) is 4.34. The number of nitrogens with zero attached hydrogens (tertiary/aromatic N) is 2. The molecule has 1 unspecified atom stereocenters. The second-order valence-electron chi connectivity index (χ2n) is 6.14.